The van der Waals surface area contributed by atoms with Crippen LogP contribution >= 0.6 is 23.4 Å². The Morgan fingerprint density at radius 3 is 2.56 bits per heavy atom. The lowest BCUT2D eigenvalue weighted by atomic mass is 10.3. The number of benzene rings is 2. The summed E-state index contributed by atoms with van der Waals surface area (Å²) in [5.74, 6) is 1.74. The Bertz CT molecular complexity index is 986. The summed E-state index contributed by atoms with van der Waals surface area (Å²) in [6, 6.07) is 9.70. The van der Waals surface area contributed by atoms with Crippen LogP contribution < -0.4 is 10.1 Å². The Labute approximate surface area is 165 Å². The van der Waals surface area contributed by atoms with Crippen molar-refractivity contribution >= 4 is 56.2 Å². The number of nitro benzene ring substituents is 1. The van der Waals surface area contributed by atoms with Crippen LogP contribution in [0.1, 0.15) is 6.42 Å². The van der Waals surface area contributed by atoms with E-state index in [-0.39, 0.29) is 16.3 Å². The number of rotatable bonds is 6. The van der Waals surface area contributed by atoms with E-state index in [0.29, 0.717) is 10.7 Å². The summed E-state index contributed by atoms with van der Waals surface area (Å²) >= 11 is 7.51. The summed E-state index contributed by atoms with van der Waals surface area (Å²) in [5.41, 5.74) is 3.65. The lowest BCUT2D eigenvalue weighted by molar-refractivity contribution is -0.384. The second kappa shape index (κ2) is 8.15. The second-order valence-electron chi connectivity index (χ2n) is 5.64. The second-order valence-corrected chi connectivity index (χ2v) is 8.86. The molecule has 0 saturated carbocycles. The van der Waals surface area contributed by atoms with Gasteiger partial charge in [-0.2, -0.15) is 16.9 Å². The van der Waals surface area contributed by atoms with Crippen LogP contribution in [-0.4, -0.2) is 30.6 Å². The van der Waals surface area contributed by atoms with Crippen LogP contribution in [0.4, 0.5) is 17.1 Å². The van der Waals surface area contributed by atoms with Gasteiger partial charge in [0.15, 0.2) is 0 Å². The van der Waals surface area contributed by atoms with Crippen molar-refractivity contribution in [2.45, 2.75) is 11.3 Å². The first-order valence-corrected chi connectivity index (χ1v) is 10.8. The van der Waals surface area contributed by atoms with Gasteiger partial charge in [0.2, 0.25) is 0 Å². The third kappa shape index (κ3) is 4.90. The molecule has 1 aliphatic heterocycles. The lowest BCUT2D eigenvalue weighted by Gasteiger charge is -2.09. The monoisotopic (exact) mass is 426 g/mol. The van der Waals surface area contributed by atoms with Crippen LogP contribution in [0.15, 0.2) is 52.5 Å². The molecule has 2 N–H and O–H groups in total. The molecule has 0 unspecified atom stereocenters. The number of nitro groups is 1. The minimum Gasteiger partial charge on any atom is -0.280 e. The fourth-order valence-electron chi connectivity index (χ4n) is 2.34. The predicted molar refractivity (Wildman–Crippen MR) is 108 cm³/mol. The molecule has 2 aromatic carbocycles. The van der Waals surface area contributed by atoms with Crippen molar-refractivity contribution in [1.29, 1.82) is 0 Å². The molecule has 1 saturated heterocycles. The van der Waals surface area contributed by atoms with Gasteiger partial charge in [-0.15, -0.1) is 0 Å². The molecule has 0 aromatic heterocycles. The summed E-state index contributed by atoms with van der Waals surface area (Å²) in [6.45, 7) is 0. The van der Waals surface area contributed by atoms with Crippen LogP contribution in [0.2, 0.25) is 5.02 Å². The van der Waals surface area contributed by atoms with E-state index in [1.807, 2.05) is 0 Å². The maximum Gasteiger partial charge on any atom is 0.295 e. The van der Waals surface area contributed by atoms with Crippen molar-refractivity contribution < 1.29 is 13.3 Å². The van der Waals surface area contributed by atoms with Crippen molar-refractivity contribution in [3.8, 4) is 0 Å². The average molecular weight is 427 g/mol. The molecule has 2 aromatic rings. The molecule has 142 valence electrons. The van der Waals surface area contributed by atoms with E-state index < -0.39 is 14.9 Å². The summed E-state index contributed by atoms with van der Waals surface area (Å²) in [7, 11) is -3.99. The third-order valence-corrected chi connectivity index (χ3v) is 6.37. The molecular weight excluding hydrogens is 412 g/mol. The standard InChI is InChI=1S/C16H15ClN4O4S2/c17-11-1-3-12(4-2-11)20-27(24,25)14-5-6-15(16(9-14)21(22)23)19-18-13-7-8-26-10-13/h1-6,9,19-20H,7-8,10H2/b18-13+. The van der Waals surface area contributed by atoms with Gasteiger partial charge < -0.3 is 0 Å². The normalized spacial score (nSPS) is 15.7. The third-order valence-electron chi connectivity index (χ3n) is 3.71. The van der Waals surface area contributed by atoms with Crippen molar-refractivity contribution in [2.75, 3.05) is 21.7 Å². The van der Waals surface area contributed by atoms with E-state index >= 15 is 0 Å². The van der Waals surface area contributed by atoms with Crippen molar-refractivity contribution in [3.63, 3.8) is 0 Å². The number of hydrazone groups is 1. The molecule has 0 spiro atoms. The van der Waals surface area contributed by atoms with Gasteiger partial charge in [0.05, 0.1) is 9.82 Å². The molecule has 3 rings (SSSR count). The maximum atomic E-state index is 12.5. The maximum absolute atomic E-state index is 12.5. The predicted octanol–water partition coefficient (Wildman–Crippen LogP) is 3.95. The Kier molecular flexibility index (Phi) is 5.88. The largest absolute Gasteiger partial charge is 0.295 e. The molecular formula is C16H15ClN4O4S2. The topological polar surface area (TPSA) is 114 Å². The van der Waals surface area contributed by atoms with Gasteiger partial charge in [-0.3, -0.25) is 20.3 Å². The molecule has 1 heterocycles. The molecule has 11 heteroatoms. The first-order valence-electron chi connectivity index (χ1n) is 7.81. The van der Waals surface area contributed by atoms with E-state index in [0.717, 1.165) is 29.7 Å². The van der Waals surface area contributed by atoms with E-state index in [4.69, 9.17) is 11.6 Å². The van der Waals surface area contributed by atoms with Crippen LogP contribution in [0.25, 0.3) is 0 Å². The van der Waals surface area contributed by atoms with Crippen LogP contribution in [0, 0.1) is 10.1 Å². The molecule has 0 radical (unpaired) electrons. The Hall–Kier alpha value is -2.30. The molecule has 8 nitrogen and oxygen atoms in total. The molecule has 0 atom stereocenters. The SMILES string of the molecule is O=[N+]([O-])c1cc(S(=O)(=O)Nc2ccc(Cl)cc2)ccc1N/N=C1\CCSC1. The van der Waals surface area contributed by atoms with Gasteiger partial charge >= 0.3 is 0 Å². The van der Waals surface area contributed by atoms with Crippen molar-refractivity contribution in [3.05, 3.63) is 57.6 Å². The lowest BCUT2D eigenvalue weighted by Crippen LogP contribution is -2.13. The summed E-state index contributed by atoms with van der Waals surface area (Å²) < 4.78 is 27.4. The number of hydrogen-bond donors (Lipinski definition) is 2. The highest BCUT2D eigenvalue weighted by Gasteiger charge is 2.22. The molecule has 0 bridgehead atoms. The number of anilines is 2. The quantitative estimate of drug-likeness (QED) is 0.534. The highest BCUT2D eigenvalue weighted by Crippen LogP contribution is 2.29. The fraction of sp³-hybridized carbons (Fsp3) is 0.188. The Balaban J connectivity index is 1.86. The van der Waals surface area contributed by atoms with E-state index in [1.54, 1.807) is 11.8 Å². The van der Waals surface area contributed by atoms with Gasteiger partial charge in [-0.25, -0.2) is 8.42 Å². The van der Waals surface area contributed by atoms with Crippen molar-refractivity contribution in [1.82, 2.24) is 0 Å². The van der Waals surface area contributed by atoms with Crippen molar-refractivity contribution in [2.24, 2.45) is 5.10 Å². The summed E-state index contributed by atoms with van der Waals surface area (Å²) in [4.78, 5) is 10.5. The zero-order valence-electron chi connectivity index (χ0n) is 13.9. The van der Waals surface area contributed by atoms with E-state index in [2.05, 4.69) is 15.2 Å². The van der Waals surface area contributed by atoms with Gasteiger partial charge in [0.25, 0.3) is 15.7 Å². The molecule has 0 amide bonds. The summed E-state index contributed by atoms with van der Waals surface area (Å²) in [6.07, 6.45) is 0.822. The summed E-state index contributed by atoms with van der Waals surface area (Å²) in [5, 5.41) is 16.0. The average Bonchev–Trinajstić information content (AvgIpc) is 3.15. The van der Waals surface area contributed by atoms with Gasteiger partial charge in [-0.1, -0.05) is 11.6 Å². The molecule has 1 aliphatic rings. The number of nitrogens with zero attached hydrogens (tertiary/aromatic N) is 2. The molecule has 1 fully saturated rings. The highest BCUT2D eigenvalue weighted by atomic mass is 35.5. The van der Waals surface area contributed by atoms with E-state index in [9.17, 15) is 18.5 Å². The first kappa shape index (κ1) is 19.5. The van der Waals surface area contributed by atoms with Crippen LogP contribution in [0.5, 0.6) is 0 Å². The number of hydrogen-bond acceptors (Lipinski definition) is 7. The van der Waals surface area contributed by atoms with Gasteiger partial charge in [0, 0.05) is 28.2 Å². The Morgan fingerprint density at radius 2 is 1.93 bits per heavy atom. The zero-order valence-corrected chi connectivity index (χ0v) is 16.3. The minimum absolute atomic E-state index is 0.134. The Morgan fingerprint density at radius 1 is 1.19 bits per heavy atom. The van der Waals surface area contributed by atoms with Crippen LogP contribution in [-0.2, 0) is 10.0 Å². The first-order chi connectivity index (χ1) is 12.8. The number of halogens is 1. The smallest absolute Gasteiger partial charge is 0.280 e. The number of sulfonamides is 1. The van der Waals surface area contributed by atoms with E-state index in [1.165, 1.54) is 36.4 Å². The van der Waals surface area contributed by atoms with Gasteiger partial charge in [-0.05, 0) is 48.6 Å². The van der Waals surface area contributed by atoms with Crippen LogP contribution in [0.3, 0.4) is 0 Å². The molecule has 27 heavy (non-hydrogen) atoms. The number of nitrogens with one attached hydrogen (secondary N) is 2. The minimum atomic E-state index is -3.99. The highest BCUT2D eigenvalue weighted by molar-refractivity contribution is 8.00. The number of thioether (sulfide) groups is 1. The fourth-order valence-corrected chi connectivity index (χ4v) is 4.51. The van der Waals surface area contributed by atoms with Gasteiger partial charge in [0.1, 0.15) is 5.69 Å². The zero-order chi connectivity index (χ0) is 19.4. The molecule has 0 aliphatic carbocycles.